The van der Waals surface area contributed by atoms with E-state index in [-0.39, 0.29) is 22.6 Å². The fourth-order valence-electron chi connectivity index (χ4n) is 2.05. The molecule has 0 spiro atoms. The number of benzene rings is 2. The Bertz CT molecular complexity index is 861. The second kappa shape index (κ2) is 5.61. The zero-order chi connectivity index (χ0) is 15.7. The predicted octanol–water partition coefficient (Wildman–Crippen LogP) is 3.60. The summed E-state index contributed by atoms with van der Waals surface area (Å²) in [6.07, 6.45) is 2.72. The first-order chi connectivity index (χ1) is 10.6. The maximum absolute atomic E-state index is 13.7. The number of carbonyl (C=O) groups excluding carboxylic acids is 1. The molecule has 0 aliphatic rings. The van der Waals surface area contributed by atoms with Gasteiger partial charge in [0.1, 0.15) is 17.3 Å². The third-order valence-electron chi connectivity index (χ3n) is 3.15. The Kier molecular flexibility index (Phi) is 3.65. The normalized spacial score (nSPS) is 10.6. The number of nitrogens with zero attached hydrogens (tertiary/aromatic N) is 2. The van der Waals surface area contributed by atoms with Gasteiger partial charge in [0.15, 0.2) is 5.78 Å². The summed E-state index contributed by atoms with van der Waals surface area (Å²) in [5, 5.41) is 14.1. The van der Waals surface area contributed by atoms with Gasteiger partial charge in [-0.15, -0.1) is 0 Å². The average molecular weight is 317 g/mol. The number of halogens is 2. The van der Waals surface area contributed by atoms with E-state index in [1.54, 1.807) is 18.2 Å². The van der Waals surface area contributed by atoms with Crippen molar-refractivity contribution in [2.45, 2.75) is 0 Å². The molecule has 0 saturated heterocycles. The van der Waals surface area contributed by atoms with Crippen molar-refractivity contribution in [1.29, 1.82) is 0 Å². The molecule has 0 unspecified atom stereocenters. The van der Waals surface area contributed by atoms with E-state index < -0.39 is 11.6 Å². The second-order valence-electron chi connectivity index (χ2n) is 4.62. The molecule has 0 saturated carbocycles. The first-order valence-electron chi connectivity index (χ1n) is 6.39. The van der Waals surface area contributed by atoms with Gasteiger partial charge >= 0.3 is 0 Å². The van der Waals surface area contributed by atoms with Crippen LogP contribution in [0.15, 0.2) is 54.9 Å². The Morgan fingerprint density at radius 3 is 2.77 bits per heavy atom. The van der Waals surface area contributed by atoms with Gasteiger partial charge in [-0.3, -0.25) is 4.79 Å². The molecule has 0 aliphatic carbocycles. The molecule has 6 heteroatoms. The molecule has 22 heavy (non-hydrogen) atoms. The van der Waals surface area contributed by atoms with Gasteiger partial charge in [0, 0.05) is 11.2 Å². The van der Waals surface area contributed by atoms with Crippen LogP contribution in [-0.2, 0) is 0 Å². The molecule has 4 nitrogen and oxygen atoms in total. The molecule has 0 aliphatic heterocycles. The lowest BCUT2D eigenvalue weighted by Crippen LogP contribution is -2.01. The number of hydrogen-bond donors (Lipinski definition) is 1. The molecule has 1 N–H and O–H groups in total. The SMILES string of the molecule is O=C(c1cnn(-c2ccccc2F)c1)c1cc(Cl)ccc1O. The molecule has 1 aromatic heterocycles. The van der Waals surface area contributed by atoms with Gasteiger partial charge in [-0.25, -0.2) is 9.07 Å². The maximum Gasteiger partial charge on any atom is 0.199 e. The van der Waals surface area contributed by atoms with Gasteiger partial charge in [0.05, 0.1) is 17.3 Å². The van der Waals surface area contributed by atoms with E-state index in [1.807, 2.05) is 0 Å². The van der Waals surface area contributed by atoms with Crippen molar-refractivity contribution >= 4 is 17.4 Å². The molecule has 3 aromatic rings. The number of ketones is 1. The van der Waals surface area contributed by atoms with Crippen LogP contribution in [0.25, 0.3) is 5.69 Å². The Balaban J connectivity index is 1.99. The molecule has 1 heterocycles. The highest BCUT2D eigenvalue weighted by molar-refractivity contribution is 6.31. The molecule has 110 valence electrons. The smallest absolute Gasteiger partial charge is 0.199 e. The van der Waals surface area contributed by atoms with Crippen LogP contribution in [0.4, 0.5) is 4.39 Å². The topological polar surface area (TPSA) is 55.1 Å². The minimum absolute atomic E-state index is 0.0700. The van der Waals surface area contributed by atoms with E-state index in [9.17, 15) is 14.3 Å². The number of phenolic OH excluding ortho intramolecular Hbond substituents is 1. The summed E-state index contributed by atoms with van der Waals surface area (Å²) in [7, 11) is 0. The van der Waals surface area contributed by atoms with Crippen LogP contribution < -0.4 is 0 Å². The van der Waals surface area contributed by atoms with Crippen molar-refractivity contribution in [2.24, 2.45) is 0 Å². The summed E-state index contributed by atoms with van der Waals surface area (Å²) in [5.74, 6) is -1.06. The summed E-state index contributed by atoms with van der Waals surface area (Å²) in [4.78, 5) is 12.4. The zero-order valence-electron chi connectivity index (χ0n) is 11.2. The lowest BCUT2D eigenvalue weighted by molar-refractivity contribution is 0.103. The van der Waals surface area contributed by atoms with Crippen molar-refractivity contribution in [3.8, 4) is 11.4 Å². The number of rotatable bonds is 3. The molecular weight excluding hydrogens is 307 g/mol. The molecule has 3 rings (SSSR count). The van der Waals surface area contributed by atoms with Gasteiger partial charge in [-0.05, 0) is 30.3 Å². The van der Waals surface area contributed by atoms with Gasteiger partial charge < -0.3 is 5.11 Å². The van der Waals surface area contributed by atoms with Gasteiger partial charge in [0.2, 0.25) is 0 Å². The van der Waals surface area contributed by atoms with E-state index in [2.05, 4.69) is 5.10 Å². The standard InChI is InChI=1S/C16H10ClFN2O2/c17-11-5-6-15(21)12(7-11)16(22)10-8-19-20(9-10)14-4-2-1-3-13(14)18/h1-9,21H. The summed E-state index contributed by atoms with van der Waals surface area (Å²) in [6.45, 7) is 0. The number of para-hydroxylation sites is 1. The molecule has 0 atom stereocenters. The summed E-state index contributed by atoms with van der Waals surface area (Å²) in [5.41, 5.74) is 0.526. The highest BCUT2D eigenvalue weighted by Crippen LogP contribution is 2.24. The van der Waals surface area contributed by atoms with E-state index in [0.717, 1.165) is 0 Å². The largest absolute Gasteiger partial charge is 0.507 e. The number of phenols is 1. The van der Waals surface area contributed by atoms with Crippen LogP contribution in [0.2, 0.25) is 5.02 Å². The Labute approximate surface area is 130 Å². The van der Waals surface area contributed by atoms with E-state index in [0.29, 0.717) is 5.02 Å². The summed E-state index contributed by atoms with van der Waals surface area (Å²) in [6, 6.07) is 10.3. The van der Waals surface area contributed by atoms with Gasteiger partial charge in [0.25, 0.3) is 0 Å². The third kappa shape index (κ3) is 2.58. The van der Waals surface area contributed by atoms with Crippen molar-refractivity contribution in [3.63, 3.8) is 0 Å². The van der Waals surface area contributed by atoms with Crippen molar-refractivity contribution < 1.29 is 14.3 Å². The van der Waals surface area contributed by atoms with Crippen LogP contribution in [0.5, 0.6) is 5.75 Å². The lowest BCUT2D eigenvalue weighted by atomic mass is 10.1. The Hall–Kier alpha value is -2.66. The molecule has 0 fully saturated rings. The summed E-state index contributed by atoms with van der Waals surface area (Å²) < 4.78 is 15.0. The fraction of sp³-hybridized carbons (Fsp3) is 0. The molecule has 0 radical (unpaired) electrons. The highest BCUT2D eigenvalue weighted by Gasteiger charge is 2.17. The third-order valence-corrected chi connectivity index (χ3v) is 3.38. The number of aromatic hydroxyl groups is 1. The van der Waals surface area contributed by atoms with Crippen LogP contribution in [0.1, 0.15) is 15.9 Å². The minimum Gasteiger partial charge on any atom is -0.507 e. The van der Waals surface area contributed by atoms with Crippen molar-refractivity contribution in [2.75, 3.05) is 0 Å². The van der Waals surface area contributed by atoms with Crippen LogP contribution in [-0.4, -0.2) is 20.7 Å². The minimum atomic E-state index is -0.449. The van der Waals surface area contributed by atoms with Crippen LogP contribution in [0.3, 0.4) is 0 Å². The second-order valence-corrected chi connectivity index (χ2v) is 5.05. The lowest BCUT2D eigenvalue weighted by Gasteiger charge is -2.03. The van der Waals surface area contributed by atoms with E-state index in [1.165, 1.54) is 41.3 Å². The van der Waals surface area contributed by atoms with Crippen molar-refractivity contribution in [3.05, 3.63) is 76.8 Å². The highest BCUT2D eigenvalue weighted by atomic mass is 35.5. The number of hydrogen-bond acceptors (Lipinski definition) is 3. The van der Waals surface area contributed by atoms with Crippen LogP contribution in [0, 0.1) is 5.82 Å². The van der Waals surface area contributed by atoms with Crippen LogP contribution >= 0.6 is 11.6 Å². The van der Waals surface area contributed by atoms with E-state index in [4.69, 9.17) is 11.6 Å². The number of carbonyl (C=O) groups is 1. The monoisotopic (exact) mass is 316 g/mol. The quantitative estimate of drug-likeness (QED) is 0.751. The predicted molar refractivity (Wildman–Crippen MR) is 80.1 cm³/mol. The number of aromatic nitrogens is 2. The van der Waals surface area contributed by atoms with E-state index >= 15 is 0 Å². The molecule has 0 amide bonds. The zero-order valence-corrected chi connectivity index (χ0v) is 12.0. The average Bonchev–Trinajstić information content (AvgIpc) is 2.99. The molecular formula is C16H10ClFN2O2. The Morgan fingerprint density at radius 1 is 1.23 bits per heavy atom. The van der Waals surface area contributed by atoms with Gasteiger partial charge in [-0.1, -0.05) is 23.7 Å². The maximum atomic E-state index is 13.7. The fourth-order valence-corrected chi connectivity index (χ4v) is 2.23. The molecule has 2 aromatic carbocycles. The first kappa shape index (κ1) is 14.3. The summed E-state index contributed by atoms with van der Waals surface area (Å²) >= 11 is 5.84. The van der Waals surface area contributed by atoms with Gasteiger partial charge in [-0.2, -0.15) is 5.10 Å². The van der Waals surface area contributed by atoms with Crippen molar-refractivity contribution in [1.82, 2.24) is 9.78 Å². The Morgan fingerprint density at radius 2 is 2.00 bits per heavy atom. The molecule has 0 bridgehead atoms. The first-order valence-corrected chi connectivity index (χ1v) is 6.77.